The van der Waals surface area contributed by atoms with Gasteiger partial charge in [0.25, 0.3) is 0 Å². The molecule has 0 saturated carbocycles. The summed E-state index contributed by atoms with van der Waals surface area (Å²) in [4.78, 5) is 14.8. The lowest BCUT2D eigenvalue weighted by Gasteiger charge is -2.26. The van der Waals surface area contributed by atoms with Crippen LogP contribution in [-0.2, 0) is 11.3 Å². The van der Waals surface area contributed by atoms with E-state index in [0.29, 0.717) is 13.0 Å². The van der Waals surface area contributed by atoms with Crippen molar-refractivity contribution in [1.82, 2.24) is 20.2 Å². The van der Waals surface area contributed by atoms with Crippen LogP contribution in [-0.4, -0.2) is 32.8 Å². The van der Waals surface area contributed by atoms with Crippen LogP contribution in [0.4, 0.5) is 25.0 Å². The van der Waals surface area contributed by atoms with Gasteiger partial charge in [-0.25, -0.2) is 13.6 Å². The zero-order valence-corrected chi connectivity index (χ0v) is 15.3. The largest absolute Gasteiger partial charge is 0.444 e. The number of rotatable bonds is 5. The molecule has 29 heavy (non-hydrogen) atoms. The van der Waals surface area contributed by atoms with Crippen molar-refractivity contribution in [3.63, 3.8) is 0 Å². The molecule has 0 bridgehead atoms. The second-order valence-electron chi connectivity index (χ2n) is 6.55. The SMILES string of the molecule is O=C(Nc1cc(F)c(N2CCCC2n2ncnn2)c(F)c1)OCc1ccccc1. The summed E-state index contributed by atoms with van der Waals surface area (Å²) in [5.74, 6) is -1.59. The van der Waals surface area contributed by atoms with Crippen LogP contribution in [0.2, 0.25) is 0 Å². The lowest BCUT2D eigenvalue weighted by molar-refractivity contribution is 0.155. The Labute approximate surface area is 165 Å². The molecule has 1 amide bonds. The number of anilines is 2. The highest BCUT2D eigenvalue weighted by atomic mass is 19.1. The van der Waals surface area contributed by atoms with E-state index in [2.05, 4.69) is 20.7 Å². The minimum atomic E-state index is -0.800. The molecule has 1 aromatic heterocycles. The quantitative estimate of drug-likeness (QED) is 0.706. The van der Waals surface area contributed by atoms with Gasteiger partial charge in [0.15, 0.2) is 18.0 Å². The maximum Gasteiger partial charge on any atom is 0.411 e. The van der Waals surface area contributed by atoms with E-state index in [4.69, 9.17) is 4.74 Å². The van der Waals surface area contributed by atoms with E-state index in [1.165, 1.54) is 11.1 Å². The summed E-state index contributed by atoms with van der Waals surface area (Å²) in [5.41, 5.74) is 0.585. The van der Waals surface area contributed by atoms with Crippen LogP contribution < -0.4 is 10.2 Å². The molecule has 1 atom stereocenters. The van der Waals surface area contributed by atoms with Gasteiger partial charge in [0.05, 0.1) is 0 Å². The average molecular weight is 400 g/mol. The fourth-order valence-corrected chi connectivity index (χ4v) is 3.35. The Hall–Kier alpha value is -3.56. The topological polar surface area (TPSA) is 85.2 Å². The van der Waals surface area contributed by atoms with E-state index in [0.717, 1.165) is 24.1 Å². The van der Waals surface area contributed by atoms with E-state index in [1.54, 1.807) is 17.0 Å². The normalized spacial score (nSPS) is 16.1. The van der Waals surface area contributed by atoms with Crippen molar-refractivity contribution in [2.24, 2.45) is 0 Å². The molecule has 1 saturated heterocycles. The third kappa shape index (κ3) is 4.15. The zero-order valence-electron chi connectivity index (χ0n) is 15.3. The number of carbonyl (C=O) groups excluding carboxylic acids is 1. The first kappa shape index (κ1) is 18.8. The monoisotopic (exact) mass is 400 g/mol. The zero-order chi connectivity index (χ0) is 20.2. The number of benzene rings is 2. The second-order valence-corrected chi connectivity index (χ2v) is 6.55. The second kappa shape index (κ2) is 8.21. The molecule has 0 spiro atoms. The first-order valence-corrected chi connectivity index (χ1v) is 9.07. The summed E-state index contributed by atoms with van der Waals surface area (Å²) < 4.78 is 34.6. The Bertz CT molecular complexity index is 961. The van der Waals surface area contributed by atoms with Crippen molar-refractivity contribution in [3.05, 3.63) is 66.0 Å². The van der Waals surface area contributed by atoms with Crippen molar-refractivity contribution in [2.75, 3.05) is 16.8 Å². The molecule has 1 unspecified atom stereocenters. The third-order valence-electron chi connectivity index (χ3n) is 4.62. The van der Waals surface area contributed by atoms with Crippen LogP contribution in [0.5, 0.6) is 0 Å². The van der Waals surface area contributed by atoms with Gasteiger partial charge in [0, 0.05) is 12.2 Å². The number of halogens is 2. The Morgan fingerprint density at radius 2 is 1.97 bits per heavy atom. The number of ether oxygens (including phenoxy) is 1. The smallest absolute Gasteiger partial charge is 0.411 e. The first-order valence-electron chi connectivity index (χ1n) is 9.07. The molecule has 4 rings (SSSR count). The van der Waals surface area contributed by atoms with Gasteiger partial charge in [-0.05, 0) is 35.8 Å². The van der Waals surface area contributed by atoms with Crippen molar-refractivity contribution in [3.8, 4) is 0 Å². The molecule has 0 aliphatic carbocycles. The predicted molar refractivity (Wildman–Crippen MR) is 100 cm³/mol. The fraction of sp³-hybridized carbons (Fsp3) is 0.263. The van der Waals surface area contributed by atoms with Gasteiger partial charge in [0.2, 0.25) is 0 Å². The van der Waals surface area contributed by atoms with Gasteiger partial charge in [0.1, 0.15) is 18.5 Å². The number of nitrogens with zero attached hydrogens (tertiary/aromatic N) is 5. The molecule has 1 aliphatic heterocycles. The van der Waals surface area contributed by atoms with E-state index in [9.17, 15) is 13.6 Å². The maximum absolute atomic E-state index is 14.7. The highest BCUT2D eigenvalue weighted by Gasteiger charge is 2.32. The Morgan fingerprint density at radius 3 is 2.66 bits per heavy atom. The molecule has 2 aromatic carbocycles. The molecule has 3 aromatic rings. The van der Waals surface area contributed by atoms with Crippen LogP contribution >= 0.6 is 0 Å². The summed E-state index contributed by atoms with van der Waals surface area (Å²) in [5, 5.41) is 13.8. The molecule has 0 radical (unpaired) electrons. The maximum atomic E-state index is 14.7. The molecular weight excluding hydrogens is 382 g/mol. The predicted octanol–water partition coefficient (Wildman–Crippen LogP) is 3.50. The van der Waals surface area contributed by atoms with Gasteiger partial charge in [-0.15, -0.1) is 15.0 Å². The number of carbonyl (C=O) groups is 1. The van der Waals surface area contributed by atoms with Gasteiger partial charge in [-0.2, -0.15) is 0 Å². The molecule has 150 valence electrons. The standard InChI is InChI=1S/C19H18F2N6O2/c20-15-9-14(24-19(28)29-11-13-5-2-1-3-6-13)10-16(21)18(15)26-8-4-7-17(26)27-23-12-22-25-27/h1-3,5-6,9-10,12,17H,4,7-8,11H2,(H,24,28). The van der Waals surface area contributed by atoms with Gasteiger partial charge in [-0.1, -0.05) is 30.3 Å². The number of tetrazole rings is 1. The Morgan fingerprint density at radius 1 is 1.21 bits per heavy atom. The minimum absolute atomic E-state index is 0.0311. The summed E-state index contributed by atoms with van der Waals surface area (Å²) in [7, 11) is 0. The molecule has 1 fully saturated rings. The highest BCUT2D eigenvalue weighted by molar-refractivity contribution is 5.85. The summed E-state index contributed by atoms with van der Waals surface area (Å²) >= 11 is 0. The molecule has 1 aliphatic rings. The van der Waals surface area contributed by atoms with Crippen molar-refractivity contribution in [1.29, 1.82) is 0 Å². The summed E-state index contributed by atoms with van der Waals surface area (Å²) in [6, 6.07) is 11.2. The van der Waals surface area contributed by atoms with Crippen LogP contribution in [0.1, 0.15) is 24.6 Å². The highest BCUT2D eigenvalue weighted by Crippen LogP contribution is 2.36. The fourth-order valence-electron chi connectivity index (χ4n) is 3.35. The van der Waals surface area contributed by atoms with Gasteiger partial charge in [-0.3, -0.25) is 5.32 Å². The third-order valence-corrected chi connectivity index (χ3v) is 4.62. The average Bonchev–Trinajstić information content (AvgIpc) is 3.38. The molecule has 1 N–H and O–H groups in total. The molecule has 10 heteroatoms. The van der Waals surface area contributed by atoms with Crippen molar-refractivity contribution >= 4 is 17.5 Å². The van der Waals surface area contributed by atoms with E-state index >= 15 is 0 Å². The molecular formula is C19H18F2N6O2. The number of hydrogen-bond acceptors (Lipinski definition) is 6. The van der Waals surface area contributed by atoms with E-state index in [-0.39, 0.29) is 18.0 Å². The van der Waals surface area contributed by atoms with Crippen molar-refractivity contribution < 1.29 is 18.3 Å². The van der Waals surface area contributed by atoms with Crippen LogP contribution in [0.25, 0.3) is 0 Å². The van der Waals surface area contributed by atoms with Gasteiger partial charge < -0.3 is 9.64 Å². The van der Waals surface area contributed by atoms with Crippen LogP contribution in [0.3, 0.4) is 0 Å². The Kier molecular flexibility index (Phi) is 5.32. The van der Waals surface area contributed by atoms with E-state index in [1.807, 2.05) is 18.2 Å². The first-order chi connectivity index (χ1) is 14.1. The number of nitrogens with one attached hydrogen (secondary N) is 1. The summed E-state index contributed by atoms with van der Waals surface area (Å²) in [6.07, 6.45) is 1.43. The number of hydrogen-bond donors (Lipinski definition) is 1. The lowest BCUT2D eigenvalue weighted by atomic mass is 10.2. The lowest BCUT2D eigenvalue weighted by Crippen LogP contribution is -2.30. The molecule has 2 heterocycles. The van der Waals surface area contributed by atoms with Gasteiger partial charge >= 0.3 is 6.09 Å². The van der Waals surface area contributed by atoms with Crippen LogP contribution in [0, 0.1) is 11.6 Å². The molecule has 8 nitrogen and oxygen atoms in total. The van der Waals surface area contributed by atoms with Crippen LogP contribution in [0.15, 0.2) is 48.8 Å². The summed E-state index contributed by atoms with van der Waals surface area (Å²) in [6.45, 7) is 0.502. The van der Waals surface area contributed by atoms with E-state index < -0.39 is 23.9 Å². The number of amides is 1. The minimum Gasteiger partial charge on any atom is -0.444 e. The number of aromatic nitrogens is 4. The van der Waals surface area contributed by atoms with Crippen molar-refractivity contribution in [2.45, 2.75) is 25.6 Å². The Balaban J connectivity index is 1.46.